The van der Waals surface area contributed by atoms with Crippen LogP contribution in [0.3, 0.4) is 0 Å². The molecule has 38 heavy (non-hydrogen) atoms. The van der Waals surface area contributed by atoms with Crippen LogP contribution in [0.25, 0.3) is 16.5 Å². The molecule has 2 aliphatic heterocycles. The Bertz CT molecular complexity index is 1180. The molecule has 0 spiro atoms. The molecule has 2 aromatic rings. The number of nitrogens with one attached hydrogen (secondary N) is 2. The van der Waals surface area contributed by atoms with Gasteiger partial charge in [-0.05, 0) is 25.0 Å². The standard InChI is InChI=1S/C26H34Cl2N6O4/c1-35-19-13-20(36-2)23(28)21(22(19)27)18-12-16-14-30-26(31-17-4-3-9-38-15-17)33-24(16)25(32-18)29-5-6-34-7-10-37-11-8-34/h12-14,17,19,22H,3-11,15H2,1-2H3,(H,29,32)(H,30,31,33). The Morgan fingerprint density at radius 1 is 1.16 bits per heavy atom. The van der Waals surface area contributed by atoms with Crippen LogP contribution in [0.2, 0.25) is 0 Å². The maximum atomic E-state index is 6.84. The molecule has 2 aromatic heterocycles. The van der Waals surface area contributed by atoms with Crippen LogP contribution in [0.4, 0.5) is 11.8 Å². The average molecular weight is 566 g/mol. The summed E-state index contributed by atoms with van der Waals surface area (Å²) >= 11 is 13.6. The second-order valence-corrected chi connectivity index (χ2v) is 10.3. The van der Waals surface area contributed by atoms with E-state index in [2.05, 4.69) is 20.5 Å². The van der Waals surface area contributed by atoms with Gasteiger partial charge in [0.25, 0.3) is 0 Å². The van der Waals surface area contributed by atoms with E-state index in [1.54, 1.807) is 26.5 Å². The van der Waals surface area contributed by atoms with Crippen molar-refractivity contribution in [3.63, 3.8) is 0 Å². The van der Waals surface area contributed by atoms with E-state index in [4.69, 9.17) is 52.1 Å². The molecule has 206 valence electrons. The van der Waals surface area contributed by atoms with Crippen LogP contribution in [0.5, 0.6) is 0 Å². The van der Waals surface area contributed by atoms with Crippen molar-refractivity contribution in [3.05, 3.63) is 34.8 Å². The van der Waals surface area contributed by atoms with Gasteiger partial charge >= 0.3 is 0 Å². The van der Waals surface area contributed by atoms with Gasteiger partial charge in [0.1, 0.15) is 11.3 Å². The first-order valence-electron chi connectivity index (χ1n) is 13.0. The Hall–Kier alpha value is -2.21. The fourth-order valence-corrected chi connectivity index (χ4v) is 5.70. The van der Waals surface area contributed by atoms with E-state index in [9.17, 15) is 0 Å². The quantitative estimate of drug-likeness (QED) is 0.440. The number of aromatic nitrogens is 3. The van der Waals surface area contributed by atoms with Gasteiger partial charge in [-0.15, -0.1) is 11.6 Å². The van der Waals surface area contributed by atoms with E-state index in [1.165, 1.54) is 0 Å². The van der Waals surface area contributed by atoms with Gasteiger partial charge in [-0.2, -0.15) is 0 Å². The number of allylic oxidation sites excluding steroid dienone is 1. The molecular weight excluding hydrogens is 531 g/mol. The van der Waals surface area contributed by atoms with Crippen molar-refractivity contribution in [2.75, 3.05) is 77.5 Å². The molecule has 2 fully saturated rings. The third kappa shape index (κ3) is 6.16. The first-order valence-corrected chi connectivity index (χ1v) is 13.8. The number of ether oxygens (including phenoxy) is 4. The van der Waals surface area contributed by atoms with Crippen molar-refractivity contribution >= 4 is 51.4 Å². The summed E-state index contributed by atoms with van der Waals surface area (Å²) in [7, 11) is 3.17. The molecule has 0 aromatic carbocycles. The Morgan fingerprint density at radius 2 is 2.00 bits per heavy atom. The van der Waals surface area contributed by atoms with E-state index < -0.39 is 11.5 Å². The number of alkyl halides is 1. The average Bonchev–Trinajstić information content (AvgIpc) is 2.94. The largest absolute Gasteiger partial charge is 0.495 e. The monoisotopic (exact) mass is 564 g/mol. The van der Waals surface area contributed by atoms with Crippen molar-refractivity contribution < 1.29 is 18.9 Å². The highest BCUT2D eigenvalue weighted by Crippen LogP contribution is 2.40. The first-order chi connectivity index (χ1) is 18.6. The number of pyridine rings is 1. The number of halogens is 2. The maximum absolute atomic E-state index is 6.84. The molecule has 2 N–H and O–H groups in total. The fourth-order valence-electron chi connectivity index (χ4n) is 4.89. The van der Waals surface area contributed by atoms with Crippen molar-refractivity contribution in [1.82, 2.24) is 19.9 Å². The number of fused-ring (bicyclic) bond motifs is 1. The Morgan fingerprint density at radius 3 is 2.74 bits per heavy atom. The third-order valence-electron chi connectivity index (χ3n) is 6.98. The lowest BCUT2D eigenvalue weighted by Crippen LogP contribution is -2.39. The predicted octanol–water partition coefficient (Wildman–Crippen LogP) is 3.48. The molecule has 0 saturated carbocycles. The number of methoxy groups -OCH3 is 2. The first kappa shape index (κ1) is 27.4. The highest BCUT2D eigenvalue weighted by atomic mass is 35.5. The zero-order valence-electron chi connectivity index (χ0n) is 21.7. The predicted molar refractivity (Wildman–Crippen MR) is 149 cm³/mol. The van der Waals surface area contributed by atoms with Crippen molar-refractivity contribution in [2.45, 2.75) is 30.4 Å². The van der Waals surface area contributed by atoms with Crippen LogP contribution in [0.1, 0.15) is 18.5 Å². The molecule has 4 heterocycles. The Labute approximate surface area is 232 Å². The summed E-state index contributed by atoms with van der Waals surface area (Å²) in [5, 5.41) is 7.59. The smallest absolute Gasteiger partial charge is 0.223 e. The van der Waals surface area contributed by atoms with Crippen molar-refractivity contribution in [1.29, 1.82) is 0 Å². The second-order valence-electron chi connectivity index (χ2n) is 9.49. The number of anilines is 2. The number of hydrogen-bond acceptors (Lipinski definition) is 10. The lowest BCUT2D eigenvalue weighted by atomic mass is 9.96. The molecular formula is C26H34Cl2N6O4. The van der Waals surface area contributed by atoms with Gasteiger partial charge in [-0.3, -0.25) is 4.90 Å². The molecule has 3 atom stereocenters. The molecule has 5 rings (SSSR count). The lowest BCUT2D eigenvalue weighted by molar-refractivity contribution is 0.0398. The van der Waals surface area contributed by atoms with E-state index >= 15 is 0 Å². The summed E-state index contributed by atoms with van der Waals surface area (Å²) in [6.45, 7) is 6.32. The van der Waals surface area contributed by atoms with Crippen molar-refractivity contribution in [2.24, 2.45) is 0 Å². The SMILES string of the molecule is COC1=CC(OC)C(Cl)C(c2cc3cnc(NC4CCCOC4)nc3c(NCCN3CCOCC3)n2)=C1Cl. The van der Waals surface area contributed by atoms with Crippen LogP contribution in [-0.2, 0) is 18.9 Å². The zero-order chi connectivity index (χ0) is 26.5. The normalized spacial score (nSPS) is 24.8. The summed E-state index contributed by atoms with van der Waals surface area (Å²) in [5.41, 5.74) is 1.97. The van der Waals surface area contributed by atoms with Gasteiger partial charge in [0.2, 0.25) is 5.95 Å². The highest BCUT2D eigenvalue weighted by molar-refractivity contribution is 6.38. The molecule has 12 heteroatoms. The minimum Gasteiger partial charge on any atom is -0.495 e. The van der Waals surface area contributed by atoms with Gasteiger partial charge in [-0.25, -0.2) is 15.0 Å². The lowest BCUT2D eigenvalue weighted by Gasteiger charge is -2.28. The minimum atomic E-state index is -0.550. The second kappa shape index (κ2) is 12.8. The van der Waals surface area contributed by atoms with E-state index in [0.29, 0.717) is 47.0 Å². The fraction of sp³-hybridized carbons (Fsp3) is 0.577. The van der Waals surface area contributed by atoms with Crippen LogP contribution >= 0.6 is 23.2 Å². The van der Waals surface area contributed by atoms with Crippen LogP contribution in [0, 0.1) is 0 Å². The van der Waals surface area contributed by atoms with Gasteiger partial charge in [-0.1, -0.05) is 11.6 Å². The summed E-state index contributed by atoms with van der Waals surface area (Å²) in [6.07, 6.45) is 5.19. The van der Waals surface area contributed by atoms with Crippen LogP contribution in [-0.4, -0.2) is 104 Å². The molecule has 3 unspecified atom stereocenters. The Balaban J connectivity index is 1.49. The molecule has 10 nitrogen and oxygen atoms in total. The van der Waals surface area contributed by atoms with Gasteiger partial charge in [0.05, 0.1) is 55.2 Å². The molecule has 2 saturated heterocycles. The summed E-state index contributed by atoms with van der Waals surface area (Å²) in [5.74, 6) is 1.69. The number of hydrogen-bond donors (Lipinski definition) is 2. The minimum absolute atomic E-state index is 0.180. The van der Waals surface area contributed by atoms with Crippen LogP contribution < -0.4 is 10.6 Å². The zero-order valence-corrected chi connectivity index (χ0v) is 23.2. The number of rotatable bonds is 9. The molecule has 0 amide bonds. The number of morpholine rings is 1. The van der Waals surface area contributed by atoms with Gasteiger partial charge < -0.3 is 29.6 Å². The van der Waals surface area contributed by atoms with E-state index in [0.717, 1.165) is 63.2 Å². The Kier molecular flexibility index (Phi) is 9.19. The maximum Gasteiger partial charge on any atom is 0.223 e. The third-order valence-corrected chi connectivity index (χ3v) is 7.84. The van der Waals surface area contributed by atoms with E-state index in [1.807, 2.05) is 6.07 Å². The summed E-state index contributed by atoms with van der Waals surface area (Å²) < 4.78 is 22.2. The summed E-state index contributed by atoms with van der Waals surface area (Å²) in [4.78, 5) is 16.8. The summed E-state index contributed by atoms with van der Waals surface area (Å²) in [6, 6.07) is 2.09. The van der Waals surface area contributed by atoms with Gasteiger partial charge in [0, 0.05) is 57.1 Å². The molecule has 0 bridgehead atoms. The number of nitrogens with zero attached hydrogens (tertiary/aromatic N) is 4. The van der Waals surface area contributed by atoms with Gasteiger partial charge in [0.15, 0.2) is 5.82 Å². The topological polar surface area (TPSA) is 103 Å². The van der Waals surface area contributed by atoms with Crippen molar-refractivity contribution in [3.8, 4) is 0 Å². The molecule has 0 radical (unpaired) electrons. The van der Waals surface area contributed by atoms with Crippen LogP contribution in [0.15, 0.2) is 29.1 Å². The molecule has 1 aliphatic carbocycles. The molecule has 3 aliphatic rings. The van der Waals surface area contributed by atoms with E-state index in [-0.39, 0.29) is 6.04 Å². The highest BCUT2D eigenvalue weighted by Gasteiger charge is 2.33.